The standard InChI is InChI=1S/C30H29NO9/c1-29-8-6-19-28(36)40-22(17-7-9-38-14-17)12-30(19,2)24(29)23(32)21(11-20(29)27(35)37-3)39-26(34)15-4-5-16-13-31-25(33)18(16)10-15/h4-5,7,9-11,14,19-20,22,24H,6,8,12-13H2,1-3H3,(H,31,33). The van der Waals surface area contributed by atoms with Crippen molar-refractivity contribution in [1.82, 2.24) is 5.32 Å². The van der Waals surface area contributed by atoms with Gasteiger partial charge in [-0.05, 0) is 59.9 Å². The lowest BCUT2D eigenvalue weighted by Crippen LogP contribution is -2.61. The summed E-state index contributed by atoms with van der Waals surface area (Å²) < 4.78 is 21.8. The maximum atomic E-state index is 14.3. The van der Waals surface area contributed by atoms with Crippen molar-refractivity contribution in [2.75, 3.05) is 7.11 Å². The number of carbonyl (C=O) groups excluding carboxylic acids is 5. The van der Waals surface area contributed by atoms with Crippen molar-refractivity contribution in [2.45, 2.75) is 45.8 Å². The third-order valence-corrected chi connectivity index (χ3v) is 9.39. The van der Waals surface area contributed by atoms with Gasteiger partial charge in [-0.2, -0.15) is 0 Å². The molecule has 0 bridgehead atoms. The third kappa shape index (κ3) is 3.80. The van der Waals surface area contributed by atoms with Gasteiger partial charge in [0.1, 0.15) is 6.10 Å². The highest BCUT2D eigenvalue weighted by Crippen LogP contribution is 2.64. The molecule has 1 amide bonds. The molecule has 6 rings (SSSR count). The highest BCUT2D eigenvalue weighted by Gasteiger charge is 2.66. The van der Waals surface area contributed by atoms with Crippen LogP contribution in [0.1, 0.15) is 71.1 Å². The molecule has 40 heavy (non-hydrogen) atoms. The molecule has 1 aromatic carbocycles. The van der Waals surface area contributed by atoms with Gasteiger partial charge in [0, 0.05) is 23.6 Å². The van der Waals surface area contributed by atoms with Gasteiger partial charge < -0.3 is 23.9 Å². The molecule has 6 atom stereocenters. The summed E-state index contributed by atoms with van der Waals surface area (Å²) in [4.78, 5) is 66.0. The predicted octanol–water partition coefficient (Wildman–Crippen LogP) is 3.66. The van der Waals surface area contributed by atoms with Crippen molar-refractivity contribution >= 4 is 29.6 Å². The van der Waals surface area contributed by atoms with E-state index in [0.717, 1.165) is 5.56 Å². The number of rotatable bonds is 4. The molecule has 4 aliphatic rings. The normalized spacial score (nSPS) is 32.6. The van der Waals surface area contributed by atoms with E-state index >= 15 is 0 Å². The number of hydrogen-bond donors (Lipinski definition) is 1. The number of amides is 1. The molecule has 2 aliphatic carbocycles. The molecule has 10 nitrogen and oxygen atoms in total. The number of ether oxygens (including phenoxy) is 3. The quantitative estimate of drug-likeness (QED) is 0.449. The maximum Gasteiger partial charge on any atom is 0.343 e. The molecule has 1 saturated heterocycles. The van der Waals surface area contributed by atoms with Gasteiger partial charge in [0.05, 0.1) is 37.0 Å². The number of ketones is 1. The van der Waals surface area contributed by atoms with E-state index < -0.39 is 58.4 Å². The number of benzene rings is 1. The van der Waals surface area contributed by atoms with Crippen molar-refractivity contribution in [3.8, 4) is 0 Å². The Balaban J connectivity index is 1.39. The lowest BCUT2D eigenvalue weighted by molar-refractivity contribution is -0.197. The average molecular weight is 548 g/mol. The van der Waals surface area contributed by atoms with Crippen molar-refractivity contribution in [2.24, 2.45) is 28.6 Å². The van der Waals surface area contributed by atoms with Crippen molar-refractivity contribution < 1.29 is 42.6 Å². The maximum absolute atomic E-state index is 14.3. The van der Waals surface area contributed by atoms with Crippen LogP contribution in [0, 0.1) is 28.6 Å². The number of cyclic esters (lactones) is 1. The molecule has 2 aromatic rings. The van der Waals surface area contributed by atoms with Gasteiger partial charge in [0.2, 0.25) is 5.78 Å². The highest BCUT2D eigenvalue weighted by atomic mass is 16.6. The van der Waals surface area contributed by atoms with E-state index in [9.17, 15) is 24.0 Å². The number of hydrogen-bond acceptors (Lipinski definition) is 9. The molecular weight excluding hydrogens is 518 g/mol. The molecule has 0 radical (unpaired) electrons. The smallest absolute Gasteiger partial charge is 0.343 e. The second kappa shape index (κ2) is 9.18. The van der Waals surface area contributed by atoms with Gasteiger partial charge in [0.15, 0.2) is 5.76 Å². The number of carbonyl (C=O) groups is 5. The minimum atomic E-state index is -0.912. The van der Waals surface area contributed by atoms with Crippen molar-refractivity contribution in [3.63, 3.8) is 0 Å². The summed E-state index contributed by atoms with van der Waals surface area (Å²) in [5.74, 6) is -5.13. The minimum Gasteiger partial charge on any atom is -0.472 e. The number of esters is 3. The Morgan fingerprint density at radius 3 is 2.62 bits per heavy atom. The number of allylic oxidation sites excluding steroid dienone is 1. The predicted molar refractivity (Wildman–Crippen MR) is 136 cm³/mol. The van der Waals surface area contributed by atoms with Crippen molar-refractivity contribution in [1.29, 1.82) is 0 Å². The Bertz CT molecular complexity index is 1470. The Morgan fingerprint density at radius 1 is 1.10 bits per heavy atom. The lowest BCUT2D eigenvalue weighted by atomic mass is 9.44. The number of methoxy groups -OCH3 is 1. The monoisotopic (exact) mass is 547 g/mol. The molecule has 0 spiro atoms. The second-order valence-corrected chi connectivity index (χ2v) is 11.6. The summed E-state index contributed by atoms with van der Waals surface area (Å²) in [6.07, 6.45) is 4.89. The molecule has 6 unspecified atom stereocenters. The van der Waals surface area contributed by atoms with E-state index in [0.29, 0.717) is 36.9 Å². The summed E-state index contributed by atoms with van der Waals surface area (Å²) in [5, 5.41) is 2.70. The zero-order valence-electron chi connectivity index (χ0n) is 22.4. The molecular formula is C30H29NO9. The van der Waals surface area contributed by atoms with Gasteiger partial charge >= 0.3 is 17.9 Å². The van der Waals surface area contributed by atoms with Gasteiger partial charge in [-0.15, -0.1) is 0 Å². The Kier molecular flexibility index (Phi) is 5.97. The van der Waals surface area contributed by atoms with Crippen LogP contribution in [-0.4, -0.2) is 36.7 Å². The fraction of sp³-hybridized carbons (Fsp3) is 0.433. The average Bonchev–Trinajstić information content (AvgIpc) is 3.59. The molecule has 1 N–H and O–H groups in total. The van der Waals surface area contributed by atoms with Gasteiger partial charge in [0.25, 0.3) is 5.91 Å². The zero-order valence-corrected chi connectivity index (χ0v) is 22.4. The van der Waals surface area contributed by atoms with E-state index in [1.807, 2.05) is 13.8 Å². The summed E-state index contributed by atoms with van der Waals surface area (Å²) in [6.45, 7) is 4.11. The van der Waals surface area contributed by atoms with E-state index in [1.165, 1.54) is 37.8 Å². The van der Waals surface area contributed by atoms with Crippen LogP contribution in [0.25, 0.3) is 0 Å². The van der Waals surface area contributed by atoms with Gasteiger partial charge in [-0.1, -0.05) is 19.9 Å². The first-order chi connectivity index (χ1) is 19.1. The van der Waals surface area contributed by atoms with Gasteiger partial charge in [-0.3, -0.25) is 19.2 Å². The third-order valence-electron chi connectivity index (χ3n) is 9.39. The molecule has 1 saturated carbocycles. The summed E-state index contributed by atoms with van der Waals surface area (Å²) >= 11 is 0. The first-order valence-electron chi connectivity index (χ1n) is 13.3. The summed E-state index contributed by atoms with van der Waals surface area (Å²) in [5.41, 5.74) is 0.0961. The number of furan rings is 1. The highest BCUT2D eigenvalue weighted by molar-refractivity contribution is 6.05. The largest absolute Gasteiger partial charge is 0.472 e. The van der Waals surface area contributed by atoms with Crippen LogP contribution in [0.15, 0.2) is 53.0 Å². The number of fused-ring (bicyclic) bond motifs is 4. The SMILES string of the molecule is COC(=O)C1C=C(OC(=O)c2ccc3c(c2)C(=O)NC3)C(=O)C2C1(C)CCC1C(=O)OC(c3ccoc3)CC12C. The second-order valence-electron chi connectivity index (χ2n) is 11.6. The first kappa shape index (κ1) is 26.0. The van der Waals surface area contributed by atoms with E-state index in [-0.39, 0.29) is 17.2 Å². The van der Waals surface area contributed by atoms with Crippen LogP contribution in [0.3, 0.4) is 0 Å². The Hall–Kier alpha value is -4.21. The number of Topliss-reactive ketones (excluding diaryl/α,β-unsaturated/α-hetero) is 1. The summed E-state index contributed by atoms with van der Waals surface area (Å²) in [6, 6.07) is 6.33. The molecule has 2 fully saturated rings. The summed E-state index contributed by atoms with van der Waals surface area (Å²) in [7, 11) is 1.27. The fourth-order valence-electron chi connectivity index (χ4n) is 7.39. The van der Waals surface area contributed by atoms with Crippen LogP contribution in [0.4, 0.5) is 0 Å². The molecule has 2 aliphatic heterocycles. The Labute approximate surface area is 230 Å². The fourth-order valence-corrected chi connectivity index (χ4v) is 7.39. The Morgan fingerprint density at radius 2 is 1.90 bits per heavy atom. The van der Waals surface area contributed by atoms with Gasteiger partial charge in [-0.25, -0.2) is 4.79 Å². The lowest BCUT2D eigenvalue weighted by Gasteiger charge is -2.59. The first-order valence-corrected chi connectivity index (χ1v) is 13.3. The van der Waals surface area contributed by atoms with Crippen LogP contribution in [0.5, 0.6) is 0 Å². The topological polar surface area (TPSA) is 138 Å². The van der Waals surface area contributed by atoms with E-state index in [1.54, 1.807) is 12.1 Å². The minimum absolute atomic E-state index is 0.0986. The van der Waals surface area contributed by atoms with E-state index in [4.69, 9.17) is 18.6 Å². The van der Waals surface area contributed by atoms with Crippen LogP contribution in [0.2, 0.25) is 0 Å². The van der Waals surface area contributed by atoms with Crippen LogP contribution in [-0.2, 0) is 35.1 Å². The molecule has 208 valence electrons. The zero-order chi connectivity index (χ0) is 28.4. The molecule has 10 heteroatoms. The van der Waals surface area contributed by atoms with E-state index in [2.05, 4.69) is 5.32 Å². The van der Waals surface area contributed by atoms with Crippen molar-refractivity contribution in [3.05, 3.63) is 70.9 Å². The van der Waals surface area contributed by atoms with Crippen LogP contribution >= 0.6 is 0 Å². The molecule has 1 aromatic heterocycles. The molecule has 3 heterocycles. The number of nitrogens with one attached hydrogen (secondary N) is 1. The van der Waals surface area contributed by atoms with Crippen LogP contribution < -0.4 is 5.32 Å².